The van der Waals surface area contributed by atoms with Crippen LogP contribution in [0.25, 0.3) is 11.4 Å². The van der Waals surface area contributed by atoms with Crippen molar-refractivity contribution in [2.75, 3.05) is 31.1 Å². The summed E-state index contributed by atoms with van der Waals surface area (Å²) >= 11 is 18.2. The molecule has 8 heteroatoms. The molecule has 1 aliphatic rings. The zero-order chi connectivity index (χ0) is 21.1. The van der Waals surface area contributed by atoms with Crippen LogP contribution in [-0.2, 0) is 13.2 Å². The van der Waals surface area contributed by atoms with Crippen molar-refractivity contribution in [1.82, 2.24) is 19.2 Å². The summed E-state index contributed by atoms with van der Waals surface area (Å²) in [5.74, 6) is 0.726. The number of halogens is 2. The van der Waals surface area contributed by atoms with Crippen molar-refractivity contribution in [1.29, 1.82) is 0 Å². The largest absolute Gasteiger partial charge is 0.369 e. The van der Waals surface area contributed by atoms with Crippen molar-refractivity contribution in [3.8, 4) is 11.4 Å². The molecular formula is C22H23Cl2N5S. The van der Waals surface area contributed by atoms with Crippen molar-refractivity contribution in [2.24, 2.45) is 0 Å². The molecule has 1 saturated heterocycles. The molecule has 0 saturated carbocycles. The third-order valence-electron chi connectivity index (χ3n) is 5.23. The summed E-state index contributed by atoms with van der Waals surface area (Å²) < 4.78 is 4.48. The smallest absolute Gasteiger partial charge is 0.199 e. The van der Waals surface area contributed by atoms with E-state index >= 15 is 0 Å². The van der Waals surface area contributed by atoms with Gasteiger partial charge in [0.15, 0.2) is 10.6 Å². The lowest BCUT2D eigenvalue weighted by Crippen LogP contribution is -2.47. The minimum Gasteiger partial charge on any atom is -0.369 e. The lowest BCUT2D eigenvalue weighted by atomic mass is 10.2. The Bertz CT molecular complexity index is 1080. The molecule has 0 atom stereocenters. The molecule has 2 heterocycles. The maximum atomic E-state index is 6.44. The van der Waals surface area contributed by atoms with Gasteiger partial charge in [-0.3, -0.25) is 9.47 Å². The van der Waals surface area contributed by atoms with Crippen LogP contribution in [0.5, 0.6) is 0 Å². The third kappa shape index (κ3) is 4.47. The van der Waals surface area contributed by atoms with Crippen LogP contribution in [0.3, 0.4) is 0 Å². The fourth-order valence-electron chi connectivity index (χ4n) is 3.67. The number of hydrogen-bond acceptors (Lipinski definition) is 4. The third-order valence-corrected chi connectivity index (χ3v) is 6.21. The minimum absolute atomic E-state index is 0.552. The van der Waals surface area contributed by atoms with Crippen LogP contribution in [-0.4, -0.2) is 45.4 Å². The Labute approximate surface area is 191 Å². The second-order valence-corrected chi connectivity index (χ2v) is 8.42. The molecule has 1 aromatic heterocycles. The second-order valence-electron chi connectivity index (χ2n) is 7.21. The number of hydrogen-bond donors (Lipinski definition) is 0. The molecule has 2 aromatic carbocycles. The Hall–Kier alpha value is -2.12. The van der Waals surface area contributed by atoms with E-state index in [9.17, 15) is 0 Å². The first-order valence-electron chi connectivity index (χ1n) is 9.83. The SMILES string of the molecule is C=CCn1c(-c2ccc(Cl)cc2Cl)nn(CN2CCN(c3ccccc3)CC2)c1=S. The van der Waals surface area contributed by atoms with Crippen LogP contribution < -0.4 is 4.90 Å². The summed E-state index contributed by atoms with van der Waals surface area (Å²) in [6.07, 6.45) is 1.81. The Morgan fingerprint density at radius 1 is 1.03 bits per heavy atom. The van der Waals surface area contributed by atoms with Crippen LogP contribution in [0.15, 0.2) is 61.2 Å². The van der Waals surface area contributed by atoms with Gasteiger partial charge in [0.05, 0.1) is 11.7 Å². The average molecular weight is 460 g/mol. The van der Waals surface area contributed by atoms with Crippen LogP contribution in [0.2, 0.25) is 10.0 Å². The number of rotatable bonds is 6. The van der Waals surface area contributed by atoms with Crippen molar-refractivity contribution in [2.45, 2.75) is 13.2 Å². The highest BCUT2D eigenvalue weighted by molar-refractivity contribution is 7.71. The molecule has 30 heavy (non-hydrogen) atoms. The van der Waals surface area contributed by atoms with Gasteiger partial charge in [-0.1, -0.05) is 47.5 Å². The van der Waals surface area contributed by atoms with Gasteiger partial charge in [-0.05, 0) is 42.5 Å². The van der Waals surface area contributed by atoms with Gasteiger partial charge in [-0.25, -0.2) is 4.68 Å². The Kier molecular flexibility index (Phi) is 6.58. The van der Waals surface area contributed by atoms with Gasteiger partial charge in [-0.2, -0.15) is 5.10 Å². The molecule has 0 bridgehead atoms. The molecule has 1 aliphatic heterocycles. The molecule has 4 rings (SSSR count). The van der Waals surface area contributed by atoms with E-state index in [4.69, 9.17) is 40.5 Å². The Balaban J connectivity index is 1.54. The van der Waals surface area contributed by atoms with Crippen LogP contribution in [0.1, 0.15) is 0 Å². The molecular weight excluding hydrogens is 437 g/mol. The van der Waals surface area contributed by atoms with E-state index in [1.54, 1.807) is 6.07 Å². The van der Waals surface area contributed by atoms with Gasteiger partial charge in [0.2, 0.25) is 0 Å². The van der Waals surface area contributed by atoms with E-state index in [2.05, 4.69) is 40.6 Å². The topological polar surface area (TPSA) is 29.2 Å². The van der Waals surface area contributed by atoms with E-state index < -0.39 is 0 Å². The van der Waals surface area contributed by atoms with E-state index in [0.29, 0.717) is 28.0 Å². The number of anilines is 1. The predicted octanol–water partition coefficient (Wildman–Crippen LogP) is 5.35. The number of para-hydroxylation sites is 1. The van der Waals surface area contributed by atoms with E-state index in [1.165, 1.54) is 5.69 Å². The predicted molar refractivity (Wildman–Crippen MR) is 127 cm³/mol. The second kappa shape index (κ2) is 9.35. The van der Waals surface area contributed by atoms with Gasteiger partial charge in [0, 0.05) is 49.0 Å². The molecule has 5 nitrogen and oxygen atoms in total. The first kappa shape index (κ1) is 21.1. The van der Waals surface area contributed by atoms with Crippen LogP contribution in [0, 0.1) is 4.77 Å². The highest BCUT2D eigenvalue weighted by Gasteiger charge is 2.20. The van der Waals surface area contributed by atoms with E-state index in [0.717, 1.165) is 37.6 Å². The first-order valence-corrected chi connectivity index (χ1v) is 11.0. The van der Waals surface area contributed by atoms with Gasteiger partial charge >= 0.3 is 0 Å². The normalized spacial score (nSPS) is 14.8. The highest BCUT2D eigenvalue weighted by atomic mass is 35.5. The lowest BCUT2D eigenvalue weighted by Gasteiger charge is -2.35. The highest BCUT2D eigenvalue weighted by Crippen LogP contribution is 2.30. The molecule has 0 amide bonds. The summed E-state index contributed by atoms with van der Waals surface area (Å²) in [6, 6.07) is 15.9. The molecule has 0 spiro atoms. The minimum atomic E-state index is 0.552. The first-order chi connectivity index (χ1) is 14.6. The molecule has 3 aromatic rings. The van der Waals surface area contributed by atoms with Crippen LogP contribution in [0.4, 0.5) is 5.69 Å². The van der Waals surface area contributed by atoms with Crippen molar-refractivity contribution in [3.05, 3.63) is 76.0 Å². The number of allylic oxidation sites excluding steroid dienone is 1. The van der Waals surface area contributed by atoms with Crippen molar-refractivity contribution in [3.63, 3.8) is 0 Å². The quantitative estimate of drug-likeness (QED) is 0.366. The molecule has 0 unspecified atom stereocenters. The Morgan fingerprint density at radius 3 is 2.43 bits per heavy atom. The number of aromatic nitrogens is 3. The van der Waals surface area contributed by atoms with E-state index in [-0.39, 0.29) is 0 Å². The maximum absolute atomic E-state index is 6.44. The van der Waals surface area contributed by atoms with Crippen molar-refractivity contribution >= 4 is 41.1 Å². The molecule has 0 N–H and O–H groups in total. The summed E-state index contributed by atoms with van der Waals surface area (Å²) in [5, 5.41) is 5.95. The summed E-state index contributed by atoms with van der Waals surface area (Å²) in [5.41, 5.74) is 2.07. The summed E-state index contributed by atoms with van der Waals surface area (Å²) in [7, 11) is 0. The van der Waals surface area contributed by atoms with Gasteiger partial charge in [-0.15, -0.1) is 6.58 Å². The zero-order valence-electron chi connectivity index (χ0n) is 16.5. The van der Waals surface area contributed by atoms with E-state index in [1.807, 2.05) is 33.5 Å². The fourth-order valence-corrected chi connectivity index (χ4v) is 4.43. The van der Waals surface area contributed by atoms with Gasteiger partial charge in [0.1, 0.15) is 0 Å². The maximum Gasteiger partial charge on any atom is 0.199 e. The molecule has 0 aliphatic carbocycles. The number of nitrogens with zero attached hydrogens (tertiary/aromatic N) is 5. The standard InChI is InChI=1S/C22H23Cl2N5S/c1-2-10-28-21(19-9-8-17(23)15-20(19)24)25-29(22(28)30)16-26-11-13-27(14-12-26)18-6-4-3-5-7-18/h2-9,15H,1,10-14,16H2. The zero-order valence-corrected chi connectivity index (χ0v) is 18.9. The molecule has 0 radical (unpaired) electrons. The Morgan fingerprint density at radius 2 is 1.77 bits per heavy atom. The summed E-state index contributed by atoms with van der Waals surface area (Å²) in [4.78, 5) is 4.78. The summed E-state index contributed by atoms with van der Waals surface area (Å²) in [6.45, 7) is 8.90. The van der Waals surface area contributed by atoms with Crippen molar-refractivity contribution < 1.29 is 0 Å². The van der Waals surface area contributed by atoms with Crippen LogP contribution >= 0.6 is 35.4 Å². The number of benzene rings is 2. The fraction of sp³-hybridized carbons (Fsp3) is 0.273. The molecule has 156 valence electrons. The number of piperazine rings is 1. The monoisotopic (exact) mass is 459 g/mol. The van der Waals surface area contributed by atoms with Gasteiger partial charge in [0.25, 0.3) is 0 Å². The molecule has 1 fully saturated rings. The van der Waals surface area contributed by atoms with Gasteiger partial charge < -0.3 is 4.90 Å². The lowest BCUT2D eigenvalue weighted by molar-refractivity contribution is 0.194. The average Bonchev–Trinajstić information content (AvgIpc) is 3.05.